The van der Waals surface area contributed by atoms with Gasteiger partial charge >= 0.3 is 11.1 Å². The molecule has 0 spiro atoms. The smallest absolute Gasteiger partial charge is 0.320 e. The van der Waals surface area contributed by atoms with E-state index in [-0.39, 0.29) is 6.54 Å². The van der Waals surface area contributed by atoms with E-state index in [1.807, 2.05) is 0 Å². The molecule has 3 aromatic rings. The van der Waals surface area contributed by atoms with Gasteiger partial charge < -0.3 is 14.8 Å². The third-order valence-corrected chi connectivity index (χ3v) is 4.08. The average Bonchev–Trinajstić information content (AvgIpc) is 2.72. The number of nitrogens with one attached hydrogen (secondary N) is 1. The highest BCUT2D eigenvalue weighted by Crippen LogP contribution is 2.15. The van der Waals surface area contributed by atoms with Gasteiger partial charge in [-0.3, -0.25) is 23.5 Å². The Morgan fingerprint density at radius 3 is 2.32 bits per heavy atom. The van der Waals surface area contributed by atoms with Gasteiger partial charge in [0.05, 0.1) is 19.9 Å². The van der Waals surface area contributed by atoms with Crippen LogP contribution >= 0.6 is 0 Å². The van der Waals surface area contributed by atoms with E-state index >= 15 is 0 Å². The van der Waals surface area contributed by atoms with Crippen LogP contribution in [0.2, 0.25) is 0 Å². The summed E-state index contributed by atoms with van der Waals surface area (Å²) in [6, 6.07) is 13.5. The number of amides is 1. The molecule has 0 aliphatic rings. The summed E-state index contributed by atoms with van der Waals surface area (Å²) in [5.74, 6) is 0.800. The summed E-state index contributed by atoms with van der Waals surface area (Å²) in [4.78, 5) is 37.0. The molecule has 0 unspecified atom stereocenters. The van der Waals surface area contributed by atoms with Gasteiger partial charge in [-0.2, -0.15) is 0 Å². The molecule has 144 valence electrons. The van der Waals surface area contributed by atoms with Crippen molar-refractivity contribution in [3.63, 3.8) is 0 Å². The summed E-state index contributed by atoms with van der Waals surface area (Å²) >= 11 is 0. The second kappa shape index (κ2) is 8.26. The summed E-state index contributed by atoms with van der Waals surface area (Å²) < 4.78 is 12.5. The standard InChI is InChI=1S/C20H19N3O5/c1-27-16-8-6-14(7-9-16)21-18(24)13-22-10-11-23(20(26)19(22)25)15-4-3-5-17(12-15)28-2/h3-12H,13H2,1-2H3,(H,21,24). The lowest BCUT2D eigenvalue weighted by atomic mass is 10.3. The number of carbonyl (C=O) groups excluding carboxylic acids is 1. The average molecular weight is 381 g/mol. The second-order valence-electron chi connectivity index (χ2n) is 5.88. The largest absolute Gasteiger partial charge is 0.497 e. The first kappa shape index (κ1) is 19.0. The van der Waals surface area contributed by atoms with E-state index in [9.17, 15) is 14.4 Å². The molecule has 0 bridgehead atoms. The van der Waals surface area contributed by atoms with Gasteiger partial charge in [0.1, 0.15) is 18.0 Å². The maximum Gasteiger partial charge on any atom is 0.320 e. The van der Waals surface area contributed by atoms with Gasteiger partial charge in [0.2, 0.25) is 5.91 Å². The van der Waals surface area contributed by atoms with Crippen molar-refractivity contribution in [2.24, 2.45) is 0 Å². The lowest BCUT2D eigenvalue weighted by Crippen LogP contribution is -2.41. The second-order valence-corrected chi connectivity index (χ2v) is 5.88. The minimum Gasteiger partial charge on any atom is -0.497 e. The van der Waals surface area contributed by atoms with Crippen molar-refractivity contribution in [1.29, 1.82) is 0 Å². The maximum absolute atomic E-state index is 12.4. The van der Waals surface area contributed by atoms with Crippen molar-refractivity contribution < 1.29 is 14.3 Å². The van der Waals surface area contributed by atoms with Gasteiger partial charge in [-0.1, -0.05) is 6.07 Å². The molecule has 8 heteroatoms. The quantitative estimate of drug-likeness (QED) is 0.656. The maximum atomic E-state index is 12.4. The molecular formula is C20H19N3O5. The van der Waals surface area contributed by atoms with Crippen LogP contribution in [-0.4, -0.2) is 29.3 Å². The molecule has 1 heterocycles. The molecule has 8 nitrogen and oxygen atoms in total. The fourth-order valence-electron chi connectivity index (χ4n) is 2.63. The first-order chi connectivity index (χ1) is 13.5. The molecule has 3 rings (SSSR count). The number of carbonyl (C=O) groups is 1. The van der Waals surface area contributed by atoms with Crippen molar-refractivity contribution in [2.45, 2.75) is 6.54 Å². The van der Waals surface area contributed by atoms with Crippen LogP contribution in [0.4, 0.5) is 5.69 Å². The highest BCUT2D eigenvalue weighted by Gasteiger charge is 2.11. The topological polar surface area (TPSA) is 91.6 Å². The minimum absolute atomic E-state index is 0.279. The van der Waals surface area contributed by atoms with E-state index < -0.39 is 17.0 Å². The van der Waals surface area contributed by atoms with Gasteiger partial charge in [-0.05, 0) is 36.4 Å². The van der Waals surface area contributed by atoms with Gasteiger partial charge in [-0.15, -0.1) is 0 Å². The molecule has 2 aromatic carbocycles. The third kappa shape index (κ3) is 4.12. The Hall–Kier alpha value is -3.81. The first-order valence-corrected chi connectivity index (χ1v) is 8.42. The fourth-order valence-corrected chi connectivity index (χ4v) is 2.63. The van der Waals surface area contributed by atoms with Crippen molar-refractivity contribution >= 4 is 11.6 Å². The third-order valence-electron chi connectivity index (χ3n) is 4.08. The van der Waals surface area contributed by atoms with Crippen LogP contribution in [0.15, 0.2) is 70.5 Å². The molecule has 0 aliphatic carbocycles. The Kier molecular flexibility index (Phi) is 5.59. The van der Waals surface area contributed by atoms with Crippen LogP contribution < -0.4 is 25.9 Å². The summed E-state index contributed by atoms with van der Waals surface area (Å²) in [6.45, 7) is -0.279. The highest BCUT2D eigenvalue weighted by molar-refractivity contribution is 5.90. The van der Waals surface area contributed by atoms with Crippen LogP contribution in [-0.2, 0) is 11.3 Å². The van der Waals surface area contributed by atoms with Gasteiger partial charge in [0.15, 0.2) is 0 Å². The lowest BCUT2D eigenvalue weighted by Gasteiger charge is -2.10. The van der Waals surface area contributed by atoms with Crippen molar-refractivity contribution in [2.75, 3.05) is 19.5 Å². The van der Waals surface area contributed by atoms with Crippen LogP contribution in [0.1, 0.15) is 0 Å². The molecule has 28 heavy (non-hydrogen) atoms. The van der Waals surface area contributed by atoms with E-state index in [1.165, 1.54) is 24.1 Å². The lowest BCUT2D eigenvalue weighted by molar-refractivity contribution is -0.116. The normalized spacial score (nSPS) is 10.4. The SMILES string of the molecule is COc1ccc(NC(=O)Cn2ccn(-c3cccc(OC)c3)c(=O)c2=O)cc1. The number of ether oxygens (including phenoxy) is 2. The molecule has 1 amide bonds. The molecule has 0 saturated carbocycles. The van der Waals surface area contributed by atoms with Gasteiger partial charge in [0.25, 0.3) is 0 Å². The number of rotatable bonds is 6. The van der Waals surface area contributed by atoms with Crippen LogP contribution in [0.3, 0.4) is 0 Å². The molecule has 0 radical (unpaired) electrons. The number of hydrogen-bond acceptors (Lipinski definition) is 5. The molecule has 0 fully saturated rings. The van der Waals surface area contributed by atoms with Crippen molar-refractivity contribution in [1.82, 2.24) is 9.13 Å². The van der Waals surface area contributed by atoms with Gasteiger partial charge in [0, 0.05) is 24.1 Å². The number of anilines is 1. The fraction of sp³-hybridized carbons (Fsp3) is 0.150. The van der Waals surface area contributed by atoms with E-state index in [0.29, 0.717) is 22.9 Å². The summed E-state index contributed by atoms with van der Waals surface area (Å²) in [7, 11) is 3.06. The number of benzene rings is 2. The minimum atomic E-state index is -0.796. The number of methoxy groups -OCH3 is 2. The summed E-state index contributed by atoms with van der Waals surface area (Å²) in [5.41, 5.74) is -0.497. The first-order valence-electron chi connectivity index (χ1n) is 8.42. The zero-order valence-electron chi connectivity index (χ0n) is 15.4. The molecule has 1 N–H and O–H groups in total. The summed E-state index contributed by atoms with van der Waals surface area (Å²) in [5, 5.41) is 2.67. The predicted molar refractivity (Wildman–Crippen MR) is 104 cm³/mol. The number of hydrogen-bond donors (Lipinski definition) is 1. The Morgan fingerprint density at radius 1 is 0.929 bits per heavy atom. The molecule has 0 aliphatic heterocycles. The zero-order valence-corrected chi connectivity index (χ0v) is 15.4. The zero-order chi connectivity index (χ0) is 20.1. The van der Waals surface area contributed by atoms with Crippen molar-refractivity contribution in [3.05, 3.63) is 81.6 Å². The molecule has 1 aromatic heterocycles. The molecular weight excluding hydrogens is 362 g/mol. The Bertz CT molecular complexity index is 1100. The van der Waals surface area contributed by atoms with Crippen LogP contribution in [0.5, 0.6) is 11.5 Å². The number of aromatic nitrogens is 2. The van der Waals surface area contributed by atoms with Gasteiger partial charge in [-0.25, -0.2) is 0 Å². The van der Waals surface area contributed by atoms with E-state index in [1.54, 1.807) is 55.6 Å². The Balaban J connectivity index is 1.79. The van der Waals surface area contributed by atoms with Crippen molar-refractivity contribution in [3.8, 4) is 17.2 Å². The van der Waals surface area contributed by atoms with E-state index in [2.05, 4.69) is 5.32 Å². The molecule has 0 atom stereocenters. The van der Waals surface area contributed by atoms with E-state index in [4.69, 9.17) is 9.47 Å². The molecule has 0 saturated heterocycles. The van der Waals surface area contributed by atoms with Crippen LogP contribution in [0, 0.1) is 0 Å². The Labute approximate surface area is 160 Å². The van der Waals surface area contributed by atoms with Crippen LogP contribution in [0.25, 0.3) is 5.69 Å². The monoisotopic (exact) mass is 381 g/mol. The van der Waals surface area contributed by atoms with E-state index in [0.717, 1.165) is 4.57 Å². The number of nitrogens with zero attached hydrogens (tertiary/aromatic N) is 2. The Morgan fingerprint density at radius 2 is 1.64 bits per heavy atom. The predicted octanol–water partition coefficient (Wildman–Crippen LogP) is 1.66. The highest BCUT2D eigenvalue weighted by atomic mass is 16.5. The summed E-state index contributed by atoms with van der Waals surface area (Å²) in [6.07, 6.45) is 2.84.